The predicted molar refractivity (Wildman–Crippen MR) is 103 cm³/mol. The van der Waals surface area contributed by atoms with Gasteiger partial charge in [-0.15, -0.1) is 0 Å². The molecule has 0 bridgehead atoms. The van der Waals surface area contributed by atoms with Gasteiger partial charge in [0.2, 0.25) is 15.9 Å². The lowest BCUT2D eigenvalue weighted by molar-refractivity contribution is -0.385. The van der Waals surface area contributed by atoms with E-state index in [9.17, 15) is 28.1 Å². The number of nitro groups is 1. The summed E-state index contributed by atoms with van der Waals surface area (Å²) in [7, 11) is -3.60. The molecule has 0 aliphatic carbocycles. The maximum Gasteiger partial charge on any atom is 0.285 e. The average molecular weight is 408 g/mol. The van der Waals surface area contributed by atoms with Crippen molar-refractivity contribution in [2.45, 2.75) is 25.3 Å². The van der Waals surface area contributed by atoms with Crippen molar-refractivity contribution in [1.82, 2.24) is 8.87 Å². The summed E-state index contributed by atoms with van der Waals surface area (Å²) in [6.45, 7) is 3.75. The fourth-order valence-corrected chi connectivity index (χ4v) is 3.99. The van der Waals surface area contributed by atoms with Crippen molar-refractivity contribution in [3.8, 4) is 0 Å². The molecule has 0 fully saturated rings. The van der Waals surface area contributed by atoms with Crippen LogP contribution in [-0.2, 0) is 21.4 Å². The Balaban J connectivity index is 2.13. The van der Waals surface area contributed by atoms with Gasteiger partial charge in [0.05, 0.1) is 16.0 Å². The van der Waals surface area contributed by atoms with Crippen molar-refractivity contribution in [3.05, 3.63) is 63.1 Å². The summed E-state index contributed by atoms with van der Waals surface area (Å²) in [6, 6.07) is 7.70. The van der Waals surface area contributed by atoms with Crippen LogP contribution in [0.1, 0.15) is 13.8 Å². The summed E-state index contributed by atoms with van der Waals surface area (Å²) in [5.41, 5.74) is -0.526. The number of anilines is 1. The summed E-state index contributed by atoms with van der Waals surface area (Å²) in [5.74, 6) is -0.582. The molecule has 1 heterocycles. The molecule has 1 aromatic carbocycles. The Labute approximate surface area is 161 Å². The van der Waals surface area contributed by atoms with E-state index in [0.29, 0.717) is 18.8 Å². The number of carbonyl (C=O) groups excluding carboxylic acids is 1. The first kappa shape index (κ1) is 21.3. The highest BCUT2D eigenvalue weighted by molar-refractivity contribution is 7.89. The van der Waals surface area contributed by atoms with E-state index in [2.05, 4.69) is 5.32 Å². The standard InChI is InChI=1S/C17H20N4O6S/c1-3-20(4-2)28(26,27)15-8-5-13(6-9-15)18-16(22)12-19-11-14(21(24)25)7-10-17(19)23/h5-11H,3-4,12H2,1-2H3,(H,18,22). The van der Waals surface area contributed by atoms with E-state index in [-0.39, 0.29) is 10.6 Å². The number of hydrogen-bond donors (Lipinski definition) is 1. The van der Waals surface area contributed by atoms with Gasteiger partial charge in [-0.3, -0.25) is 24.3 Å². The summed E-state index contributed by atoms with van der Waals surface area (Å²) >= 11 is 0. The fourth-order valence-electron chi connectivity index (χ4n) is 2.53. The lowest BCUT2D eigenvalue weighted by Gasteiger charge is -2.18. The smallest absolute Gasteiger partial charge is 0.285 e. The molecule has 10 nitrogen and oxygen atoms in total. The van der Waals surface area contributed by atoms with E-state index in [1.165, 1.54) is 28.6 Å². The van der Waals surface area contributed by atoms with Gasteiger partial charge in [-0.2, -0.15) is 4.31 Å². The van der Waals surface area contributed by atoms with Gasteiger partial charge in [0, 0.05) is 30.9 Å². The van der Waals surface area contributed by atoms with Crippen molar-refractivity contribution in [2.24, 2.45) is 0 Å². The van der Waals surface area contributed by atoms with Crippen LogP contribution in [0, 0.1) is 10.1 Å². The Morgan fingerprint density at radius 3 is 2.29 bits per heavy atom. The zero-order valence-corrected chi connectivity index (χ0v) is 16.2. The van der Waals surface area contributed by atoms with Crippen LogP contribution in [0.25, 0.3) is 0 Å². The van der Waals surface area contributed by atoms with Crippen molar-refractivity contribution in [2.75, 3.05) is 18.4 Å². The van der Waals surface area contributed by atoms with Crippen LogP contribution in [0.4, 0.5) is 11.4 Å². The number of benzene rings is 1. The Morgan fingerprint density at radius 2 is 1.75 bits per heavy atom. The lowest BCUT2D eigenvalue weighted by Crippen LogP contribution is -2.30. The Bertz CT molecular complexity index is 1030. The van der Waals surface area contributed by atoms with Crippen LogP contribution < -0.4 is 10.9 Å². The summed E-state index contributed by atoms with van der Waals surface area (Å²) in [5, 5.41) is 13.3. The maximum atomic E-state index is 12.4. The minimum absolute atomic E-state index is 0.101. The normalized spacial score (nSPS) is 11.4. The second-order valence-electron chi connectivity index (χ2n) is 5.77. The third kappa shape index (κ3) is 4.81. The number of sulfonamides is 1. The summed E-state index contributed by atoms with van der Waals surface area (Å²) in [6.07, 6.45) is 0.988. The lowest BCUT2D eigenvalue weighted by atomic mass is 10.3. The average Bonchev–Trinajstić information content (AvgIpc) is 2.64. The van der Waals surface area contributed by atoms with Crippen molar-refractivity contribution >= 4 is 27.3 Å². The molecule has 0 aliphatic heterocycles. The zero-order valence-electron chi connectivity index (χ0n) is 15.4. The molecule has 0 saturated carbocycles. The number of hydrogen-bond acceptors (Lipinski definition) is 6. The molecule has 0 atom stereocenters. The van der Waals surface area contributed by atoms with Gasteiger partial charge in [0.25, 0.3) is 11.2 Å². The van der Waals surface area contributed by atoms with Crippen molar-refractivity contribution < 1.29 is 18.1 Å². The molecule has 1 N–H and O–H groups in total. The third-order valence-corrected chi connectivity index (χ3v) is 6.04. The van der Waals surface area contributed by atoms with E-state index >= 15 is 0 Å². The van der Waals surface area contributed by atoms with E-state index in [1.54, 1.807) is 13.8 Å². The molecular formula is C17H20N4O6S. The van der Waals surface area contributed by atoms with Crippen LogP contribution in [-0.4, -0.2) is 41.2 Å². The molecular weight excluding hydrogens is 388 g/mol. The SMILES string of the molecule is CCN(CC)S(=O)(=O)c1ccc(NC(=O)Cn2cc([N+](=O)[O-])ccc2=O)cc1. The molecule has 2 rings (SSSR count). The molecule has 11 heteroatoms. The second kappa shape index (κ2) is 8.76. The second-order valence-corrected chi connectivity index (χ2v) is 7.71. The number of rotatable bonds is 8. The third-order valence-electron chi connectivity index (χ3n) is 3.97. The molecule has 0 aliphatic rings. The molecule has 0 saturated heterocycles. The van der Waals surface area contributed by atoms with Gasteiger partial charge in [-0.25, -0.2) is 8.42 Å². The van der Waals surface area contributed by atoms with E-state index < -0.39 is 33.0 Å². The topological polar surface area (TPSA) is 132 Å². The molecule has 0 unspecified atom stereocenters. The highest BCUT2D eigenvalue weighted by Crippen LogP contribution is 2.18. The van der Waals surface area contributed by atoms with Gasteiger partial charge >= 0.3 is 0 Å². The maximum absolute atomic E-state index is 12.4. The summed E-state index contributed by atoms with van der Waals surface area (Å²) < 4.78 is 27.1. The van der Waals surface area contributed by atoms with E-state index in [4.69, 9.17) is 0 Å². The van der Waals surface area contributed by atoms with Crippen molar-refractivity contribution in [1.29, 1.82) is 0 Å². The van der Waals surface area contributed by atoms with Crippen LogP contribution in [0.15, 0.2) is 52.3 Å². The molecule has 150 valence electrons. The van der Waals surface area contributed by atoms with Crippen molar-refractivity contribution in [3.63, 3.8) is 0 Å². The number of pyridine rings is 1. The van der Waals surface area contributed by atoms with Gasteiger partial charge < -0.3 is 5.32 Å². The minimum Gasteiger partial charge on any atom is -0.325 e. The van der Waals surface area contributed by atoms with Crippen LogP contribution in [0.3, 0.4) is 0 Å². The van der Waals surface area contributed by atoms with E-state index in [0.717, 1.165) is 22.9 Å². The largest absolute Gasteiger partial charge is 0.325 e. The zero-order chi connectivity index (χ0) is 20.9. The minimum atomic E-state index is -3.60. The molecule has 1 aromatic heterocycles. The highest BCUT2D eigenvalue weighted by Gasteiger charge is 2.21. The Kier molecular flexibility index (Phi) is 6.65. The number of nitrogens with one attached hydrogen (secondary N) is 1. The number of nitrogens with zero attached hydrogens (tertiary/aromatic N) is 3. The van der Waals surface area contributed by atoms with Gasteiger partial charge in [-0.1, -0.05) is 13.8 Å². The monoisotopic (exact) mass is 408 g/mol. The first-order valence-corrected chi connectivity index (χ1v) is 9.88. The number of amides is 1. The predicted octanol–water partition coefficient (Wildman–Crippen LogP) is 1.43. The molecule has 28 heavy (non-hydrogen) atoms. The quantitative estimate of drug-likeness (QED) is 0.519. The molecule has 2 aromatic rings. The van der Waals surface area contributed by atoms with Gasteiger partial charge in [0.1, 0.15) is 6.54 Å². The molecule has 0 radical (unpaired) electrons. The highest BCUT2D eigenvalue weighted by atomic mass is 32.2. The first-order chi connectivity index (χ1) is 13.2. The van der Waals surface area contributed by atoms with Gasteiger partial charge in [0.15, 0.2) is 0 Å². The Morgan fingerprint density at radius 1 is 1.14 bits per heavy atom. The van der Waals surface area contributed by atoms with Crippen LogP contribution >= 0.6 is 0 Å². The number of aromatic nitrogens is 1. The molecule has 1 amide bonds. The van der Waals surface area contributed by atoms with E-state index in [1.807, 2.05) is 0 Å². The molecule has 0 spiro atoms. The number of carbonyl (C=O) groups is 1. The van der Waals surface area contributed by atoms with Crippen LogP contribution in [0.2, 0.25) is 0 Å². The van der Waals surface area contributed by atoms with Gasteiger partial charge in [-0.05, 0) is 24.3 Å². The summed E-state index contributed by atoms with van der Waals surface area (Å²) in [4.78, 5) is 34.1. The fraction of sp³-hybridized carbons (Fsp3) is 0.294. The Hall–Kier alpha value is -3.05. The first-order valence-electron chi connectivity index (χ1n) is 8.44. The van der Waals surface area contributed by atoms with Crippen LogP contribution in [0.5, 0.6) is 0 Å².